The average molecular weight is 541 g/mol. The van der Waals surface area contributed by atoms with Crippen LogP contribution in [-0.2, 0) is 19.1 Å². The summed E-state index contributed by atoms with van der Waals surface area (Å²) in [6.45, 7) is 8.99. The van der Waals surface area contributed by atoms with Crippen LogP contribution in [0.3, 0.4) is 0 Å². The molecule has 202 valence electrons. The number of piperazine rings is 1. The number of nitrogens with zero attached hydrogens (tertiary/aromatic N) is 4. The molecule has 0 spiro atoms. The maximum atomic E-state index is 13.3. The van der Waals surface area contributed by atoms with Gasteiger partial charge in [-0.15, -0.1) is 0 Å². The van der Waals surface area contributed by atoms with E-state index in [9.17, 15) is 14.4 Å². The lowest BCUT2D eigenvalue weighted by molar-refractivity contribution is -0.138. The summed E-state index contributed by atoms with van der Waals surface area (Å²) in [5.41, 5.74) is 2.32. The molecule has 3 aliphatic rings. The number of amidine groups is 1. The van der Waals surface area contributed by atoms with Crippen LogP contribution in [0.25, 0.3) is 0 Å². The van der Waals surface area contributed by atoms with Crippen molar-refractivity contribution in [2.75, 3.05) is 47.0 Å². The smallest absolute Gasteiger partial charge is 0.338 e. The van der Waals surface area contributed by atoms with Gasteiger partial charge < -0.3 is 28.9 Å². The fourth-order valence-electron chi connectivity index (χ4n) is 4.72. The molecule has 0 radical (unpaired) electrons. The van der Waals surface area contributed by atoms with Gasteiger partial charge in [0.15, 0.2) is 5.17 Å². The molecule has 1 atom stereocenters. The molecule has 3 heterocycles. The minimum Gasteiger partial charge on any atom is -0.497 e. The standard InChI is InChI=1S/C27H32N4O6S/c1-6-13-37-26(34)24-17(2)28-27-31(25(24)21-8-7-20(35-4)15-22(21)36-5)19(16-38-27)14-23(33)30-11-9-29(10-12-30)18(3)32/h6-8,15-16,25H,1,9-14H2,2-5H3/t25-/m1/s1. The van der Waals surface area contributed by atoms with Gasteiger partial charge in [0.1, 0.15) is 18.1 Å². The molecule has 0 unspecified atom stereocenters. The number of ether oxygens (including phenoxy) is 3. The first-order valence-corrected chi connectivity index (χ1v) is 13.1. The third-order valence-electron chi connectivity index (χ3n) is 6.70. The second-order valence-corrected chi connectivity index (χ2v) is 9.79. The van der Waals surface area contributed by atoms with Crippen LogP contribution < -0.4 is 9.47 Å². The zero-order valence-electron chi connectivity index (χ0n) is 22.1. The van der Waals surface area contributed by atoms with E-state index in [2.05, 4.69) is 6.58 Å². The molecule has 1 saturated heterocycles. The number of fused-ring (bicyclic) bond motifs is 1. The molecule has 0 bridgehead atoms. The van der Waals surface area contributed by atoms with Crippen molar-refractivity contribution >= 4 is 34.7 Å². The number of hydrogen-bond donors (Lipinski definition) is 0. The number of carbonyl (C=O) groups is 3. The fourth-order valence-corrected chi connectivity index (χ4v) is 5.68. The minimum atomic E-state index is -0.635. The number of hydrogen-bond acceptors (Lipinski definition) is 9. The van der Waals surface area contributed by atoms with E-state index in [0.717, 1.165) is 5.70 Å². The number of carbonyl (C=O) groups excluding carboxylic acids is 3. The van der Waals surface area contributed by atoms with Crippen LogP contribution in [-0.4, -0.2) is 84.7 Å². The van der Waals surface area contributed by atoms with Gasteiger partial charge in [-0.2, -0.15) is 0 Å². The van der Waals surface area contributed by atoms with Gasteiger partial charge in [-0.05, 0) is 24.5 Å². The number of allylic oxidation sites excluding steroid dienone is 1. The normalized spacial score (nSPS) is 18.9. The predicted octanol–water partition coefficient (Wildman–Crippen LogP) is 3.09. The average Bonchev–Trinajstić information content (AvgIpc) is 3.32. The largest absolute Gasteiger partial charge is 0.497 e. The number of benzene rings is 1. The molecule has 1 fully saturated rings. The van der Waals surface area contributed by atoms with Gasteiger partial charge in [0.05, 0.1) is 38.0 Å². The lowest BCUT2D eigenvalue weighted by Crippen LogP contribution is -2.50. The number of rotatable bonds is 8. The molecule has 10 nitrogen and oxygen atoms in total. The SMILES string of the molecule is C=CCOC(=O)C1=C(C)N=C2SC=C(CC(=O)N3CCN(C(C)=O)CC3)N2[C@@H]1c1ccc(OC)cc1OC. The zero-order chi connectivity index (χ0) is 27.4. The van der Waals surface area contributed by atoms with Crippen molar-refractivity contribution < 1.29 is 28.6 Å². The summed E-state index contributed by atoms with van der Waals surface area (Å²) in [6, 6.07) is 4.78. The molecular weight excluding hydrogens is 508 g/mol. The van der Waals surface area contributed by atoms with Gasteiger partial charge >= 0.3 is 5.97 Å². The first-order valence-electron chi connectivity index (χ1n) is 12.3. The lowest BCUT2D eigenvalue weighted by Gasteiger charge is -2.38. The topological polar surface area (TPSA) is 101 Å². The fraction of sp³-hybridized carbons (Fsp3) is 0.407. The Kier molecular flexibility index (Phi) is 8.45. The predicted molar refractivity (Wildman–Crippen MR) is 145 cm³/mol. The van der Waals surface area contributed by atoms with Gasteiger partial charge in [0.2, 0.25) is 11.8 Å². The molecule has 1 aromatic rings. The van der Waals surface area contributed by atoms with Crippen LogP contribution in [0, 0.1) is 0 Å². The van der Waals surface area contributed by atoms with Crippen molar-refractivity contribution in [3.63, 3.8) is 0 Å². The van der Waals surface area contributed by atoms with E-state index in [1.165, 1.54) is 24.8 Å². The van der Waals surface area contributed by atoms with Crippen molar-refractivity contribution in [2.45, 2.75) is 26.3 Å². The highest BCUT2D eigenvalue weighted by atomic mass is 32.2. The van der Waals surface area contributed by atoms with Crippen LogP contribution in [0.15, 0.2) is 58.2 Å². The van der Waals surface area contributed by atoms with Crippen molar-refractivity contribution in [3.05, 3.63) is 58.8 Å². The monoisotopic (exact) mass is 540 g/mol. The van der Waals surface area contributed by atoms with E-state index < -0.39 is 12.0 Å². The maximum Gasteiger partial charge on any atom is 0.338 e. The number of esters is 1. The second kappa shape index (κ2) is 11.8. The van der Waals surface area contributed by atoms with Crippen LogP contribution in [0.4, 0.5) is 0 Å². The quantitative estimate of drug-likeness (QED) is 0.366. The van der Waals surface area contributed by atoms with E-state index in [4.69, 9.17) is 19.2 Å². The highest BCUT2D eigenvalue weighted by Gasteiger charge is 2.42. The Bertz CT molecular complexity index is 1230. The molecule has 0 aliphatic carbocycles. The van der Waals surface area contributed by atoms with Gasteiger partial charge in [-0.3, -0.25) is 9.59 Å². The lowest BCUT2D eigenvalue weighted by atomic mass is 9.93. The molecule has 1 aromatic carbocycles. The van der Waals surface area contributed by atoms with Gasteiger partial charge in [0, 0.05) is 50.4 Å². The van der Waals surface area contributed by atoms with Crippen LogP contribution in [0.2, 0.25) is 0 Å². The number of thioether (sulfide) groups is 1. The molecule has 2 amide bonds. The summed E-state index contributed by atoms with van der Waals surface area (Å²) in [7, 11) is 3.13. The first-order chi connectivity index (χ1) is 18.3. The number of aliphatic imine (C=N–C) groups is 1. The Morgan fingerprint density at radius 1 is 1.13 bits per heavy atom. The Morgan fingerprint density at radius 3 is 2.47 bits per heavy atom. The van der Waals surface area contributed by atoms with E-state index in [-0.39, 0.29) is 24.8 Å². The van der Waals surface area contributed by atoms with Crippen LogP contribution in [0.5, 0.6) is 11.5 Å². The molecule has 0 N–H and O–H groups in total. The van der Waals surface area contributed by atoms with E-state index in [1.807, 2.05) is 16.4 Å². The second-order valence-electron chi connectivity index (χ2n) is 8.95. The summed E-state index contributed by atoms with van der Waals surface area (Å²) in [5, 5.41) is 2.56. The highest BCUT2D eigenvalue weighted by molar-refractivity contribution is 8.16. The molecule has 38 heavy (non-hydrogen) atoms. The minimum absolute atomic E-state index is 0.00970. The van der Waals surface area contributed by atoms with E-state index in [0.29, 0.717) is 59.7 Å². The van der Waals surface area contributed by atoms with Crippen molar-refractivity contribution in [3.8, 4) is 11.5 Å². The third kappa shape index (κ3) is 5.42. The molecule has 11 heteroatoms. The molecule has 3 aliphatic heterocycles. The van der Waals surface area contributed by atoms with Crippen LogP contribution >= 0.6 is 11.8 Å². The van der Waals surface area contributed by atoms with Crippen LogP contribution in [0.1, 0.15) is 31.9 Å². The summed E-state index contributed by atoms with van der Waals surface area (Å²) < 4.78 is 16.5. The number of amides is 2. The molecule has 0 aromatic heterocycles. The first kappa shape index (κ1) is 27.3. The maximum absolute atomic E-state index is 13.3. The van der Waals surface area contributed by atoms with Crippen molar-refractivity contribution in [2.24, 2.45) is 4.99 Å². The summed E-state index contributed by atoms with van der Waals surface area (Å²) in [6.07, 6.45) is 1.63. The highest BCUT2D eigenvalue weighted by Crippen LogP contribution is 2.47. The van der Waals surface area contributed by atoms with Crippen molar-refractivity contribution in [1.82, 2.24) is 14.7 Å². The summed E-state index contributed by atoms with van der Waals surface area (Å²) in [4.78, 5) is 48.4. The molecular formula is C27H32N4O6S. The van der Waals surface area contributed by atoms with Gasteiger partial charge in [-0.25, -0.2) is 9.79 Å². The Balaban J connectivity index is 1.68. The Morgan fingerprint density at radius 2 is 1.84 bits per heavy atom. The Hall–Kier alpha value is -3.73. The van der Waals surface area contributed by atoms with E-state index >= 15 is 0 Å². The summed E-state index contributed by atoms with van der Waals surface area (Å²) in [5.74, 6) is 0.578. The zero-order valence-corrected chi connectivity index (χ0v) is 22.9. The number of methoxy groups -OCH3 is 2. The van der Waals surface area contributed by atoms with Crippen molar-refractivity contribution in [1.29, 1.82) is 0 Å². The van der Waals surface area contributed by atoms with E-state index in [1.54, 1.807) is 43.1 Å². The Labute approximate surface area is 226 Å². The van der Waals surface area contributed by atoms with Gasteiger partial charge in [-0.1, -0.05) is 24.4 Å². The third-order valence-corrected chi connectivity index (χ3v) is 7.59. The van der Waals surface area contributed by atoms with Gasteiger partial charge in [0.25, 0.3) is 0 Å². The molecule has 4 rings (SSSR count). The molecule has 0 saturated carbocycles. The summed E-state index contributed by atoms with van der Waals surface area (Å²) >= 11 is 1.40.